The van der Waals surface area contributed by atoms with Gasteiger partial charge in [0.15, 0.2) is 11.2 Å². The number of carbonyl (C=O) groups is 2. The van der Waals surface area contributed by atoms with Crippen LogP contribution < -0.4 is 21.0 Å². The van der Waals surface area contributed by atoms with Gasteiger partial charge in [-0.15, -0.1) is 0 Å². The van der Waals surface area contributed by atoms with Crippen LogP contribution in [0, 0.1) is 0 Å². The number of benzene rings is 2. The molecule has 2 aliphatic rings. The van der Waals surface area contributed by atoms with Gasteiger partial charge in [-0.05, 0) is 29.8 Å². The molecule has 0 saturated carbocycles. The zero-order valence-corrected chi connectivity index (χ0v) is 23.7. The maximum atomic E-state index is 13.3. The lowest BCUT2D eigenvalue weighted by Crippen LogP contribution is -2.53. The molecule has 2 aromatic heterocycles. The first kappa shape index (κ1) is 26.2. The van der Waals surface area contributed by atoms with E-state index in [0.717, 1.165) is 14.6 Å². The van der Waals surface area contributed by atoms with Crippen molar-refractivity contribution in [3.05, 3.63) is 85.5 Å². The zero-order valence-electron chi connectivity index (χ0n) is 22.2. The number of halogens is 1. The summed E-state index contributed by atoms with van der Waals surface area (Å²) < 4.78 is 5.26. The highest BCUT2D eigenvalue weighted by molar-refractivity contribution is 9.10. The van der Waals surface area contributed by atoms with E-state index in [2.05, 4.69) is 25.7 Å². The summed E-state index contributed by atoms with van der Waals surface area (Å²) in [4.78, 5) is 62.2. The standard InChI is InChI=1S/C28H28BrN7O4/c1-31-24-23(26(39)32(2)28(31)40)35(17-18-6-4-3-5-7-18)27(30-24)34-14-12-33(13-15-34)21-16-22(37)36(25(21)38)20-10-8-19(29)9-11-20/h3-11,21H,12-17H2,1-2H3. The number of anilines is 2. The Hall–Kier alpha value is -4.03. The maximum absolute atomic E-state index is 13.3. The summed E-state index contributed by atoms with van der Waals surface area (Å²) in [5, 5.41) is 0. The summed E-state index contributed by atoms with van der Waals surface area (Å²) in [5.41, 5.74) is 1.45. The third-order valence-corrected chi connectivity index (χ3v) is 8.29. The highest BCUT2D eigenvalue weighted by atomic mass is 79.9. The Morgan fingerprint density at radius 1 is 0.875 bits per heavy atom. The minimum absolute atomic E-state index is 0.138. The Balaban J connectivity index is 1.28. The van der Waals surface area contributed by atoms with Crippen molar-refractivity contribution in [2.75, 3.05) is 36.0 Å². The second-order valence-electron chi connectivity index (χ2n) is 10.1. The van der Waals surface area contributed by atoms with Gasteiger partial charge in [-0.25, -0.2) is 9.69 Å². The molecule has 0 aliphatic carbocycles. The Morgan fingerprint density at radius 2 is 1.55 bits per heavy atom. The molecule has 0 N–H and O–H groups in total. The lowest BCUT2D eigenvalue weighted by atomic mass is 10.1. The molecule has 11 nitrogen and oxygen atoms in total. The normalized spacial score (nSPS) is 18.3. The van der Waals surface area contributed by atoms with Gasteiger partial charge in [-0.3, -0.25) is 33.0 Å². The second kappa shape index (κ2) is 10.2. The van der Waals surface area contributed by atoms with Gasteiger partial charge in [0.1, 0.15) is 0 Å². The molecule has 1 unspecified atom stereocenters. The van der Waals surface area contributed by atoms with Gasteiger partial charge in [0, 0.05) is 44.7 Å². The van der Waals surface area contributed by atoms with E-state index < -0.39 is 17.3 Å². The number of imidazole rings is 1. The van der Waals surface area contributed by atoms with Gasteiger partial charge in [0.2, 0.25) is 11.9 Å². The second-order valence-corrected chi connectivity index (χ2v) is 11.1. The average Bonchev–Trinajstić information content (AvgIpc) is 3.48. The number of hydrogen-bond donors (Lipinski definition) is 0. The minimum Gasteiger partial charge on any atom is -0.340 e. The first-order chi connectivity index (χ1) is 19.2. The van der Waals surface area contributed by atoms with Crippen molar-refractivity contribution >= 4 is 50.5 Å². The summed E-state index contributed by atoms with van der Waals surface area (Å²) in [6, 6.07) is 16.4. The Bertz CT molecular complexity index is 1740. The molecular formula is C28H28BrN7O4. The van der Waals surface area contributed by atoms with Crippen molar-refractivity contribution in [3.8, 4) is 0 Å². The van der Waals surface area contributed by atoms with Crippen LogP contribution in [0.25, 0.3) is 11.2 Å². The third-order valence-electron chi connectivity index (χ3n) is 7.76. The third kappa shape index (κ3) is 4.37. The van der Waals surface area contributed by atoms with Crippen molar-refractivity contribution in [1.82, 2.24) is 23.6 Å². The number of piperazine rings is 1. The Labute approximate surface area is 238 Å². The van der Waals surface area contributed by atoms with Crippen LogP contribution in [0.3, 0.4) is 0 Å². The fourth-order valence-corrected chi connectivity index (χ4v) is 5.85. The van der Waals surface area contributed by atoms with Crippen molar-refractivity contribution in [1.29, 1.82) is 0 Å². The number of fused-ring (bicyclic) bond motifs is 1. The van der Waals surface area contributed by atoms with Gasteiger partial charge in [-0.2, -0.15) is 4.98 Å². The van der Waals surface area contributed by atoms with Crippen molar-refractivity contribution in [2.45, 2.75) is 19.0 Å². The van der Waals surface area contributed by atoms with Crippen LogP contribution in [0.4, 0.5) is 11.6 Å². The Morgan fingerprint density at radius 3 is 2.23 bits per heavy atom. The van der Waals surface area contributed by atoms with Gasteiger partial charge in [0.25, 0.3) is 11.5 Å². The van der Waals surface area contributed by atoms with Crippen LogP contribution in [0.15, 0.2) is 68.7 Å². The molecule has 0 bridgehead atoms. The molecule has 4 heterocycles. The number of aryl methyl sites for hydroxylation is 1. The molecule has 1 atom stereocenters. The fraction of sp³-hybridized carbons (Fsp3) is 0.321. The molecule has 2 amide bonds. The zero-order chi connectivity index (χ0) is 28.1. The van der Waals surface area contributed by atoms with Gasteiger partial charge in [-0.1, -0.05) is 46.3 Å². The number of imide groups is 1. The van der Waals surface area contributed by atoms with Crippen LogP contribution in [0.5, 0.6) is 0 Å². The number of hydrogen-bond acceptors (Lipinski definition) is 7. The largest absolute Gasteiger partial charge is 0.340 e. The minimum atomic E-state index is -0.519. The molecule has 2 saturated heterocycles. The Kier molecular flexibility index (Phi) is 6.67. The van der Waals surface area contributed by atoms with E-state index in [1.54, 1.807) is 19.2 Å². The predicted molar refractivity (Wildman–Crippen MR) is 155 cm³/mol. The summed E-state index contributed by atoms with van der Waals surface area (Å²) in [6.07, 6.45) is 0.138. The van der Waals surface area contributed by atoms with Crippen molar-refractivity contribution in [2.24, 2.45) is 14.1 Å². The first-order valence-corrected chi connectivity index (χ1v) is 13.9. The fourth-order valence-electron chi connectivity index (χ4n) is 5.59. The summed E-state index contributed by atoms with van der Waals surface area (Å²) in [6.45, 7) is 2.59. The molecule has 6 rings (SSSR count). The summed E-state index contributed by atoms with van der Waals surface area (Å²) in [5.74, 6) is 0.180. The molecule has 206 valence electrons. The van der Waals surface area contributed by atoms with E-state index in [1.807, 2.05) is 47.0 Å². The molecule has 12 heteroatoms. The SMILES string of the molecule is Cn1c(=O)c2c(nc(N3CCN(C4CC(=O)N(c5ccc(Br)cc5)C4=O)CC3)n2Cc2ccccc2)n(C)c1=O. The van der Waals surface area contributed by atoms with Gasteiger partial charge < -0.3 is 4.90 Å². The van der Waals surface area contributed by atoms with Crippen LogP contribution in [0.1, 0.15) is 12.0 Å². The lowest BCUT2D eigenvalue weighted by Gasteiger charge is -2.37. The molecule has 2 aromatic carbocycles. The smallest absolute Gasteiger partial charge is 0.332 e. The van der Waals surface area contributed by atoms with E-state index in [0.29, 0.717) is 55.5 Å². The topological polar surface area (TPSA) is 106 Å². The highest BCUT2D eigenvalue weighted by Crippen LogP contribution is 2.29. The van der Waals surface area contributed by atoms with Crippen molar-refractivity contribution < 1.29 is 9.59 Å². The number of rotatable bonds is 5. The van der Waals surface area contributed by atoms with Crippen LogP contribution in [0.2, 0.25) is 0 Å². The number of amides is 2. The monoisotopic (exact) mass is 605 g/mol. The van der Waals surface area contributed by atoms with E-state index in [4.69, 9.17) is 4.98 Å². The molecule has 2 fully saturated rings. The number of nitrogens with zero attached hydrogens (tertiary/aromatic N) is 7. The molecule has 2 aliphatic heterocycles. The van der Waals surface area contributed by atoms with Gasteiger partial charge >= 0.3 is 5.69 Å². The van der Waals surface area contributed by atoms with E-state index >= 15 is 0 Å². The molecular weight excluding hydrogens is 578 g/mol. The van der Waals surface area contributed by atoms with Crippen LogP contribution >= 0.6 is 15.9 Å². The van der Waals surface area contributed by atoms with Crippen molar-refractivity contribution in [3.63, 3.8) is 0 Å². The molecule has 4 aromatic rings. The predicted octanol–water partition coefficient (Wildman–Crippen LogP) is 1.70. The summed E-state index contributed by atoms with van der Waals surface area (Å²) >= 11 is 3.39. The number of aromatic nitrogens is 4. The number of carbonyl (C=O) groups excluding carboxylic acids is 2. The average molecular weight is 606 g/mol. The van der Waals surface area contributed by atoms with E-state index in [-0.39, 0.29) is 18.2 Å². The first-order valence-electron chi connectivity index (χ1n) is 13.1. The lowest BCUT2D eigenvalue weighted by molar-refractivity contribution is -0.123. The van der Waals surface area contributed by atoms with Gasteiger partial charge in [0.05, 0.1) is 24.7 Å². The van der Waals surface area contributed by atoms with E-state index in [9.17, 15) is 19.2 Å². The van der Waals surface area contributed by atoms with Crippen LogP contribution in [-0.4, -0.2) is 67.6 Å². The quantitative estimate of drug-likeness (QED) is 0.319. The van der Waals surface area contributed by atoms with Crippen LogP contribution in [-0.2, 0) is 30.2 Å². The summed E-state index contributed by atoms with van der Waals surface area (Å²) in [7, 11) is 3.09. The molecule has 0 spiro atoms. The highest BCUT2D eigenvalue weighted by Gasteiger charge is 2.43. The molecule has 40 heavy (non-hydrogen) atoms. The van der Waals surface area contributed by atoms with E-state index in [1.165, 1.54) is 16.5 Å². The maximum Gasteiger partial charge on any atom is 0.332 e. The molecule has 0 radical (unpaired) electrons.